The number of urea groups is 1. The fourth-order valence-electron chi connectivity index (χ4n) is 3.52. The fourth-order valence-corrected chi connectivity index (χ4v) is 3.52. The van der Waals surface area contributed by atoms with E-state index >= 15 is 0 Å². The van der Waals surface area contributed by atoms with E-state index in [1.54, 1.807) is 12.1 Å². The molecule has 0 aromatic heterocycles. The molecule has 2 aliphatic rings. The van der Waals surface area contributed by atoms with Crippen molar-refractivity contribution in [2.24, 2.45) is 0 Å². The third-order valence-corrected chi connectivity index (χ3v) is 4.82. The number of carbonyl (C=O) groups is 3. The van der Waals surface area contributed by atoms with E-state index in [0.29, 0.717) is 22.8 Å². The van der Waals surface area contributed by atoms with Crippen molar-refractivity contribution < 1.29 is 28.6 Å². The van der Waals surface area contributed by atoms with Crippen molar-refractivity contribution in [3.8, 4) is 17.2 Å². The molecule has 144 valence electrons. The van der Waals surface area contributed by atoms with Gasteiger partial charge in [0.25, 0.3) is 11.8 Å². The van der Waals surface area contributed by atoms with Gasteiger partial charge < -0.3 is 14.2 Å². The van der Waals surface area contributed by atoms with Gasteiger partial charge in [-0.3, -0.25) is 19.8 Å². The highest BCUT2D eigenvalue weighted by molar-refractivity contribution is 6.31. The summed E-state index contributed by atoms with van der Waals surface area (Å²) in [6.07, 6.45) is 4.86. The molecule has 0 bridgehead atoms. The summed E-state index contributed by atoms with van der Waals surface area (Å²) in [6, 6.07) is 2.43. The Hall–Kier alpha value is -3.03. The molecule has 2 fully saturated rings. The number of methoxy groups -OCH3 is 3. The second kappa shape index (κ2) is 7.69. The molecule has 8 nitrogen and oxygen atoms in total. The molecule has 27 heavy (non-hydrogen) atoms. The van der Waals surface area contributed by atoms with Crippen LogP contribution in [-0.2, 0) is 9.59 Å². The van der Waals surface area contributed by atoms with E-state index in [2.05, 4.69) is 5.32 Å². The number of amides is 4. The molecular formula is C19H22N2O6. The summed E-state index contributed by atoms with van der Waals surface area (Å²) in [4.78, 5) is 38.5. The molecule has 0 unspecified atom stereocenters. The lowest BCUT2D eigenvalue weighted by molar-refractivity contribution is -0.131. The summed E-state index contributed by atoms with van der Waals surface area (Å²) in [6.45, 7) is 0. The van der Waals surface area contributed by atoms with Crippen LogP contribution in [0.15, 0.2) is 17.7 Å². The number of hydrogen-bond acceptors (Lipinski definition) is 6. The Morgan fingerprint density at radius 1 is 1.00 bits per heavy atom. The maximum Gasteiger partial charge on any atom is 0.331 e. The molecule has 0 spiro atoms. The molecule has 1 heterocycles. The number of hydrogen-bond donors (Lipinski definition) is 1. The van der Waals surface area contributed by atoms with Crippen molar-refractivity contribution in [1.29, 1.82) is 0 Å². The number of nitrogens with zero attached hydrogens (tertiary/aromatic N) is 1. The molecule has 0 radical (unpaired) electrons. The van der Waals surface area contributed by atoms with E-state index in [1.807, 2.05) is 0 Å². The lowest BCUT2D eigenvalue weighted by Gasteiger charge is -2.31. The monoisotopic (exact) mass is 374 g/mol. The van der Waals surface area contributed by atoms with Gasteiger partial charge in [-0.25, -0.2) is 4.79 Å². The van der Waals surface area contributed by atoms with Crippen LogP contribution in [0.2, 0.25) is 0 Å². The third-order valence-electron chi connectivity index (χ3n) is 4.82. The van der Waals surface area contributed by atoms with Gasteiger partial charge in [0, 0.05) is 6.04 Å². The second-order valence-corrected chi connectivity index (χ2v) is 6.39. The number of rotatable bonds is 5. The first-order chi connectivity index (χ1) is 13.0. The Kier molecular flexibility index (Phi) is 5.34. The molecule has 4 amide bonds. The van der Waals surface area contributed by atoms with Gasteiger partial charge in [0.15, 0.2) is 11.5 Å². The smallest absolute Gasteiger partial charge is 0.331 e. The van der Waals surface area contributed by atoms with Gasteiger partial charge >= 0.3 is 6.03 Å². The number of nitrogens with one attached hydrogen (secondary N) is 1. The Morgan fingerprint density at radius 3 is 2.11 bits per heavy atom. The average Bonchev–Trinajstić information content (AvgIpc) is 3.18. The van der Waals surface area contributed by atoms with Gasteiger partial charge in [-0.1, -0.05) is 12.8 Å². The summed E-state index contributed by atoms with van der Waals surface area (Å²) < 4.78 is 15.9. The SMILES string of the molecule is COc1cc(/C=C2/C(=O)NC(=O)N(C3CCCC3)C2=O)cc(OC)c1OC. The standard InChI is InChI=1S/C19H22N2O6/c1-25-14-9-11(10-15(26-2)16(14)27-3)8-13-17(22)20-19(24)21(18(13)23)12-6-4-5-7-12/h8-10,12H,4-7H2,1-3H3,(H,20,22,24)/b13-8-. The predicted molar refractivity (Wildman–Crippen MR) is 96.7 cm³/mol. The molecule has 1 aliphatic carbocycles. The first-order valence-corrected chi connectivity index (χ1v) is 8.70. The van der Waals surface area contributed by atoms with E-state index in [-0.39, 0.29) is 11.6 Å². The minimum atomic E-state index is -0.715. The predicted octanol–water partition coefficient (Wildman–Crippen LogP) is 2.12. The first kappa shape index (κ1) is 18.8. The summed E-state index contributed by atoms with van der Waals surface area (Å²) in [5.41, 5.74) is 0.416. The molecule has 1 aromatic carbocycles. The molecule has 1 saturated carbocycles. The second-order valence-electron chi connectivity index (χ2n) is 6.39. The van der Waals surface area contributed by atoms with Crippen molar-refractivity contribution >= 4 is 23.9 Å². The molecule has 0 atom stereocenters. The fraction of sp³-hybridized carbons (Fsp3) is 0.421. The molecule has 1 saturated heterocycles. The van der Waals surface area contributed by atoms with E-state index in [9.17, 15) is 14.4 Å². The van der Waals surface area contributed by atoms with Crippen LogP contribution in [0, 0.1) is 0 Å². The molecule has 1 aliphatic heterocycles. The molecule has 1 aromatic rings. The van der Waals surface area contributed by atoms with Crippen molar-refractivity contribution in [3.05, 3.63) is 23.3 Å². The normalized spacial score (nSPS) is 19.4. The van der Waals surface area contributed by atoms with Crippen LogP contribution in [0.3, 0.4) is 0 Å². The van der Waals surface area contributed by atoms with Crippen molar-refractivity contribution in [3.63, 3.8) is 0 Å². The highest BCUT2D eigenvalue weighted by atomic mass is 16.5. The van der Waals surface area contributed by atoms with Crippen LogP contribution in [0.5, 0.6) is 17.2 Å². The van der Waals surface area contributed by atoms with Gasteiger partial charge in [0.2, 0.25) is 5.75 Å². The van der Waals surface area contributed by atoms with Crippen molar-refractivity contribution in [2.75, 3.05) is 21.3 Å². The molecule has 1 N–H and O–H groups in total. The number of imide groups is 2. The van der Waals surface area contributed by atoms with Gasteiger partial charge in [-0.2, -0.15) is 0 Å². The summed E-state index contributed by atoms with van der Waals surface area (Å²) in [7, 11) is 4.45. The van der Waals surface area contributed by atoms with Crippen LogP contribution in [-0.4, -0.2) is 50.1 Å². The van der Waals surface area contributed by atoms with Crippen molar-refractivity contribution in [1.82, 2.24) is 10.2 Å². The van der Waals surface area contributed by atoms with Crippen LogP contribution >= 0.6 is 0 Å². The molecular weight excluding hydrogens is 352 g/mol. The van der Waals surface area contributed by atoms with Gasteiger partial charge in [0.1, 0.15) is 5.57 Å². The summed E-state index contributed by atoms with van der Waals surface area (Å²) >= 11 is 0. The first-order valence-electron chi connectivity index (χ1n) is 8.70. The lowest BCUT2D eigenvalue weighted by Crippen LogP contribution is -2.57. The van der Waals surface area contributed by atoms with Crippen molar-refractivity contribution in [2.45, 2.75) is 31.7 Å². The van der Waals surface area contributed by atoms with Crippen LogP contribution in [0.1, 0.15) is 31.2 Å². The maximum atomic E-state index is 12.9. The van der Waals surface area contributed by atoms with E-state index in [4.69, 9.17) is 14.2 Å². The van der Waals surface area contributed by atoms with Crippen LogP contribution < -0.4 is 19.5 Å². The summed E-state index contributed by atoms with van der Waals surface area (Å²) in [5.74, 6) is -0.0890. The van der Waals surface area contributed by atoms with E-state index in [0.717, 1.165) is 30.6 Å². The topological polar surface area (TPSA) is 94.2 Å². The van der Waals surface area contributed by atoms with Crippen LogP contribution in [0.25, 0.3) is 6.08 Å². The Morgan fingerprint density at radius 2 is 1.59 bits per heavy atom. The number of carbonyl (C=O) groups excluding carboxylic acids is 3. The maximum absolute atomic E-state index is 12.9. The zero-order valence-corrected chi connectivity index (χ0v) is 15.5. The number of ether oxygens (including phenoxy) is 3. The zero-order valence-electron chi connectivity index (χ0n) is 15.5. The average molecular weight is 374 g/mol. The Balaban J connectivity index is 2.00. The minimum Gasteiger partial charge on any atom is -0.493 e. The van der Waals surface area contributed by atoms with Gasteiger partial charge in [-0.15, -0.1) is 0 Å². The summed E-state index contributed by atoms with van der Waals surface area (Å²) in [5, 5.41) is 2.26. The minimum absolute atomic E-state index is 0.101. The highest BCUT2D eigenvalue weighted by Gasteiger charge is 2.40. The van der Waals surface area contributed by atoms with Gasteiger partial charge in [0.05, 0.1) is 21.3 Å². The van der Waals surface area contributed by atoms with Gasteiger partial charge in [-0.05, 0) is 36.6 Å². The van der Waals surface area contributed by atoms with Crippen LogP contribution in [0.4, 0.5) is 4.79 Å². The quantitative estimate of drug-likeness (QED) is 0.627. The Bertz CT molecular complexity index is 785. The molecule has 3 rings (SSSR count). The Labute approximate surface area is 157 Å². The highest BCUT2D eigenvalue weighted by Crippen LogP contribution is 2.39. The zero-order chi connectivity index (χ0) is 19.6. The largest absolute Gasteiger partial charge is 0.493 e. The van der Waals surface area contributed by atoms with E-state index in [1.165, 1.54) is 27.4 Å². The number of benzene rings is 1. The van der Waals surface area contributed by atoms with E-state index < -0.39 is 17.8 Å². The third kappa shape index (κ3) is 3.47. The molecule has 8 heteroatoms. The lowest BCUT2D eigenvalue weighted by atomic mass is 10.0. The number of barbiturate groups is 1.